The highest BCUT2D eigenvalue weighted by atomic mass is 127. The summed E-state index contributed by atoms with van der Waals surface area (Å²) >= 11 is 2.15. The van der Waals surface area contributed by atoms with Crippen LogP contribution < -0.4 is 14.8 Å². The second-order valence-electron chi connectivity index (χ2n) is 5.49. The molecule has 24 heavy (non-hydrogen) atoms. The molecule has 0 saturated carbocycles. The van der Waals surface area contributed by atoms with Gasteiger partial charge in [0, 0.05) is 12.1 Å². The first-order valence-corrected chi connectivity index (χ1v) is 8.90. The van der Waals surface area contributed by atoms with E-state index in [1.807, 2.05) is 12.1 Å². The van der Waals surface area contributed by atoms with Gasteiger partial charge in [-0.25, -0.2) is 0 Å². The first-order chi connectivity index (χ1) is 11.6. The van der Waals surface area contributed by atoms with Crippen molar-refractivity contribution < 1.29 is 24.5 Å². The van der Waals surface area contributed by atoms with Crippen molar-refractivity contribution in [1.82, 2.24) is 5.32 Å². The largest absolute Gasteiger partial charge is 0.493 e. The third-order valence-corrected chi connectivity index (χ3v) is 4.55. The third kappa shape index (κ3) is 4.84. The average molecular weight is 447 g/mol. The summed E-state index contributed by atoms with van der Waals surface area (Å²) < 4.78 is 12.3. The van der Waals surface area contributed by atoms with E-state index in [4.69, 9.17) is 14.6 Å². The lowest BCUT2D eigenvalue weighted by Gasteiger charge is -2.24. The number of methoxy groups -OCH3 is 1. The van der Waals surface area contributed by atoms with E-state index in [1.54, 1.807) is 13.2 Å². The minimum atomic E-state index is -0.212. The Labute approximate surface area is 155 Å². The Morgan fingerprint density at radius 3 is 2.88 bits per heavy atom. The maximum atomic E-state index is 12.0. The van der Waals surface area contributed by atoms with Gasteiger partial charge in [-0.05, 0) is 65.6 Å². The molecule has 0 bridgehead atoms. The van der Waals surface area contributed by atoms with Crippen molar-refractivity contribution in [2.75, 3.05) is 20.3 Å². The lowest BCUT2D eigenvalue weighted by Crippen LogP contribution is -2.30. The van der Waals surface area contributed by atoms with Crippen LogP contribution in [0.2, 0.25) is 0 Å². The Morgan fingerprint density at radius 1 is 1.42 bits per heavy atom. The molecule has 1 amide bonds. The summed E-state index contributed by atoms with van der Waals surface area (Å²) in [5.74, 6) is 1.03. The molecule has 6 nitrogen and oxygen atoms in total. The van der Waals surface area contributed by atoms with Crippen LogP contribution in [-0.4, -0.2) is 42.5 Å². The summed E-state index contributed by atoms with van der Waals surface area (Å²) in [6.07, 6.45) is 4.01. The van der Waals surface area contributed by atoms with Gasteiger partial charge in [0.15, 0.2) is 11.5 Å². The standard InChI is InChI=1S/C17H22INO5/c1-23-15-8-11(10-21)7-14(18)16(15)24-13-4-2-3-12(9-13)17(22)19-5-6-20/h7-9,13,20-21H,2-6,10H2,1H3,(H,19,22). The van der Waals surface area contributed by atoms with Gasteiger partial charge in [0.2, 0.25) is 5.91 Å². The van der Waals surface area contributed by atoms with E-state index in [9.17, 15) is 9.90 Å². The van der Waals surface area contributed by atoms with Crippen molar-refractivity contribution in [1.29, 1.82) is 0 Å². The van der Waals surface area contributed by atoms with Crippen LogP contribution >= 0.6 is 22.6 Å². The van der Waals surface area contributed by atoms with E-state index in [2.05, 4.69) is 27.9 Å². The van der Waals surface area contributed by atoms with Crippen LogP contribution in [0.5, 0.6) is 11.5 Å². The molecule has 0 radical (unpaired) electrons. The van der Waals surface area contributed by atoms with Crippen molar-refractivity contribution in [3.05, 3.63) is 32.9 Å². The number of hydrogen-bond donors (Lipinski definition) is 3. The van der Waals surface area contributed by atoms with Gasteiger partial charge < -0.3 is 25.0 Å². The van der Waals surface area contributed by atoms with Crippen LogP contribution in [0, 0.1) is 3.57 Å². The fourth-order valence-corrected chi connectivity index (χ4v) is 3.37. The Morgan fingerprint density at radius 2 is 2.21 bits per heavy atom. The highest BCUT2D eigenvalue weighted by Gasteiger charge is 2.22. The molecular weight excluding hydrogens is 425 g/mol. The van der Waals surface area contributed by atoms with Gasteiger partial charge in [-0.2, -0.15) is 0 Å². The third-order valence-electron chi connectivity index (χ3n) is 3.75. The molecule has 0 spiro atoms. The number of aliphatic hydroxyl groups is 2. The summed E-state index contributed by atoms with van der Waals surface area (Å²) in [4.78, 5) is 12.0. The zero-order valence-corrected chi connectivity index (χ0v) is 15.7. The molecule has 1 aromatic rings. The van der Waals surface area contributed by atoms with Crippen molar-refractivity contribution in [3.8, 4) is 11.5 Å². The number of amides is 1. The second-order valence-corrected chi connectivity index (χ2v) is 6.65. The first kappa shape index (κ1) is 19.0. The van der Waals surface area contributed by atoms with E-state index in [0.29, 0.717) is 23.5 Å². The minimum absolute atomic E-state index is 0.0643. The van der Waals surface area contributed by atoms with Crippen molar-refractivity contribution in [3.63, 3.8) is 0 Å². The normalized spacial score (nSPS) is 17.2. The number of ether oxygens (including phenoxy) is 2. The summed E-state index contributed by atoms with van der Waals surface area (Å²) in [5.41, 5.74) is 1.44. The molecule has 0 aliphatic heterocycles. The zero-order chi connectivity index (χ0) is 17.5. The zero-order valence-electron chi connectivity index (χ0n) is 13.5. The SMILES string of the molecule is COc1cc(CO)cc(I)c1OC1C=C(C(=O)NCCO)CCC1. The Balaban J connectivity index is 2.17. The number of benzene rings is 1. The van der Waals surface area contributed by atoms with Gasteiger partial charge in [0.25, 0.3) is 0 Å². The first-order valence-electron chi connectivity index (χ1n) is 7.82. The predicted octanol–water partition coefficient (Wildman–Crippen LogP) is 1.76. The quantitative estimate of drug-likeness (QED) is 0.555. The highest BCUT2D eigenvalue weighted by Crippen LogP contribution is 2.36. The maximum absolute atomic E-state index is 12.0. The fraction of sp³-hybridized carbons (Fsp3) is 0.471. The summed E-state index contributed by atoms with van der Waals surface area (Å²) in [7, 11) is 1.56. The van der Waals surface area contributed by atoms with E-state index < -0.39 is 0 Å². The molecule has 1 atom stereocenters. The predicted molar refractivity (Wildman–Crippen MR) is 98.1 cm³/mol. The maximum Gasteiger partial charge on any atom is 0.247 e. The van der Waals surface area contributed by atoms with Crippen LogP contribution in [0.4, 0.5) is 0 Å². The Kier molecular flexibility index (Phi) is 7.32. The van der Waals surface area contributed by atoms with E-state index in [-0.39, 0.29) is 31.8 Å². The Bertz CT molecular complexity index is 617. The lowest BCUT2D eigenvalue weighted by atomic mass is 9.96. The van der Waals surface area contributed by atoms with Crippen LogP contribution in [0.25, 0.3) is 0 Å². The number of nitrogens with one attached hydrogen (secondary N) is 1. The fourth-order valence-electron chi connectivity index (χ4n) is 2.58. The monoisotopic (exact) mass is 447 g/mol. The molecule has 1 aliphatic rings. The number of carbonyl (C=O) groups excluding carboxylic acids is 1. The highest BCUT2D eigenvalue weighted by molar-refractivity contribution is 14.1. The number of hydrogen-bond acceptors (Lipinski definition) is 5. The molecule has 1 aliphatic carbocycles. The molecule has 3 N–H and O–H groups in total. The van der Waals surface area contributed by atoms with Crippen LogP contribution in [-0.2, 0) is 11.4 Å². The number of halogens is 1. The van der Waals surface area contributed by atoms with Crippen molar-refractivity contribution in [2.45, 2.75) is 32.0 Å². The molecule has 0 fully saturated rings. The average Bonchev–Trinajstić information content (AvgIpc) is 2.61. The topological polar surface area (TPSA) is 88.0 Å². The van der Waals surface area contributed by atoms with Gasteiger partial charge >= 0.3 is 0 Å². The lowest BCUT2D eigenvalue weighted by molar-refractivity contribution is -0.117. The van der Waals surface area contributed by atoms with Gasteiger partial charge in [0.1, 0.15) is 6.10 Å². The molecule has 132 valence electrons. The van der Waals surface area contributed by atoms with Gasteiger partial charge in [-0.15, -0.1) is 0 Å². The summed E-state index contributed by atoms with van der Waals surface area (Å²) in [6, 6.07) is 3.60. The second kappa shape index (κ2) is 9.24. The molecule has 2 rings (SSSR count). The van der Waals surface area contributed by atoms with Crippen LogP contribution in [0.3, 0.4) is 0 Å². The molecule has 0 aromatic heterocycles. The summed E-state index contributed by atoms with van der Waals surface area (Å²) in [5, 5.41) is 20.8. The van der Waals surface area contributed by atoms with Gasteiger partial charge in [-0.3, -0.25) is 4.79 Å². The minimum Gasteiger partial charge on any atom is -0.493 e. The molecule has 0 heterocycles. The number of carbonyl (C=O) groups is 1. The van der Waals surface area contributed by atoms with Crippen LogP contribution in [0.1, 0.15) is 24.8 Å². The molecular formula is C17H22INO5. The molecule has 1 unspecified atom stereocenters. The van der Waals surface area contributed by atoms with E-state index >= 15 is 0 Å². The Hall–Kier alpha value is -1.32. The van der Waals surface area contributed by atoms with Gasteiger partial charge in [-0.1, -0.05) is 0 Å². The number of aliphatic hydroxyl groups excluding tert-OH is 2. The van der Waals surface area contributed by atoms with Crippen LogP contribution in [0.15, 0.2) is 23.8 Å². The smallest absolute Gasteiger partial charge is 0.247 e. The van der Waals surface area contributed by atoms with E-state index in [0.717, 1.165) is 22.0 Å². The van der Waals surface area contributed by atoms with E-state index in [1.165, 1.54) is 0 Å². The van der Waals surface area contributed by atoms with Crippen molar-refractivity contribution >= 4 is 28.5 Å². The summed E-state index contributed by atoms with van der Waals surface area (Å²) in [6.45, 7) is 0.104. The molecule has 0 saturated heterocycles. The molecule has 7 heteroatoms. The van der Waals surface area contributed by atoms with Crippen molar-refractivity contribution in [2.24, 2.45) is 0 Å². The number of rotatable bonds is 7. The molecule has 1 aromatic carbocycles. The van der Waals surface area contributed by atoms with Gasteiger partial charge in [0.05, 0.1) is 23.9 Å².